The van der Waals surface area contributed by atoms with Gasteiger partial charge in [-0.3, -0.25) is 38.6 Å². The number of aromatic nitrogens is 15. The lowest BCUT2D eigenvalue weighted by atomic mass is 10.0. The Labute approximate surface area is 799 Å². The molecule has 40 nitrogen and oxygen atoms in total. The molecule has 720 valence electrons. The number of ether oxygens (including phenoxy) is 9. The molecule has 11 heterocycles. The molecule has 0 spiro atoms. The van der Waals surface area contributed by atoms with E-state index in [2.05, 4.69) is 113 Å². The molecule has 5 amide bonds. The first-order chi connectivity index (χ1) is 67.0. The third-order valence-electron chi connectivity index (χ3n) is 21.5. The zero-order valence-corrected chi connectivity index (χ0v) is 80.1. The predicted octanol–water partition coefficient (Wildman–Crippen LogP) is 14.8. The molecule has 0 atom stereocenters. The van der Waals surface area contributed by atoms with E-state index in [1.165, 1.54) is 27.6 Å². The molecule has 0 radical (unpaired) electrons. The maximum Gasteiger partial charge on any atom is 0.251 e. The molecule has 0 bridgehead atoms. The van der Waals surface area contributed by atoms with Gasteiger partial charge in [0.1, 0.15) is 51.9 Å². The van der Waals surface area contributed by atoms with Crippen LogP contribution in [0.5, 0.6) is 46.5 Å². The van der Waals surface area contributed by atoms with E-state index >= 15 is 0 Å². The van der Waals surface area contributed by atoms with Crippen molar-refractivity contribution in [3.8, 4) is 91.2 Å². The van der Waals surface area contributed by atoms with E-state index in [4.69, 9.17) is 47.6 Å². The van der Waals surface area contributed by atoms with Crippen LogP contribution in [0, 0.1) is 0 Å². The fourth-order valence-corrected chi connectivity index (χ4v) is 15.5. The van der Waals surface area contributed by atoms with Gasteiger partial charge in [-0.25, -0.2) is 8.42 Å². The van der Waals surface area contributed by atoms with Crippen molar-refractivity contribution in [1.29, 1.82) is 0 Å². The number of aromatic amines is 4. The zero-order chi connectivity index (χ0) is 98.9. The highest BCUT2D eigenvalue weighted by molar-refractivity contribution is 7.90. The summed E-state index contributed by atoms with van der Waals surface area (Å²) < 4.78 is 77.8. The number of rotatable bonds is 30. The lowest BCUT2D eigenvalue weighted by Crippen LogP contribution is -2.26. The van der Waals surface area contributed by atoms with Crippen molar-refractivity contribution in [3.05, 3.63) is 211 Å². The standard InChI is InChI=1S/C26H28N6O4.C25H26N6O4.C25H27N5O5S.C22H25N7O3/c1-14(2)36-25-21-18(15-6-8-16(9-7-15)23(33)27-3)13-29-22(21)31-26(32-25)30-19-11-10-17(24(34)28-4)12-20(19)35-5;1-26-24(32)15-3-4-18(21(11-15)33-2)30-22-12-19-23(17(13-29-19)20-14-27-7-8-28-20)25(31-22)35-16-5-9-34-10-6-16;1-14(2)35-24-21-18(15-7-6-8-17(11-15)36(5,32)33)13-27-22(21)29-25(30-24)28-19-10-9-16(23(31)26-3)12-20(19)34-4;1-12(2)32-21-18-15(14-9-25-29(4)11-14)10-24-19(18)27-22(28-21)26-16-7-6-13(20(30)23-3)8-17(16)31-5/h6-14H,1-5H3,(H,27,33)(H,28,34)(H2,29,30,31,32);3-4,7-8,11-14,16,29H,5-6,9-10H2,1-2H3,(H,26,32)(H,30,31);6-14H,1-5H3,(H,26,31)(H2,27,28,29,30);6-12H,1-5H3,(H,23,30)(H2,24,26,27,28). The number of hydrogen-bond donors (Lipinski definition) is 13. The van der Waals surface area contributed by atoms with Crippen LogP contribution in [0.3, 0.4) is 0 Å². The lowest BCUT2D eigenvalue weighted by Gasteiger charge is -2.23. The number of amides is 5. The summed E-state index contributed by atoms with van der Waals surface area (Å²) in [6.07, 6.45) is 18.4. The minimum absolute atomic E-state index is 0.000633. The summed E-state index contributed by atoms with van der Waals surface area (Å²) in [5.74, 6) is 4.07. The Hall–Kier alpha value is -17.0. The smallest absolute Gasteiger partial charge is 0.251 e. The number of sulfone groups is 1. The van der Waals surface area contributed by atoms with Crippen LogP contribution < -0.4 is 85.7 Å². The van der Waals surface area contributed by atoms with Crippen LogP contribution >= 0.6 is 0 Å². The van der Waals surface area contributed by atoms with E-state index < -0.39 is 9.84 Å². The van der Waals surface area contributed by atoms with Crippen LogP contribution in [0.15, 0.2) is 188 Å². The van der Waals surface area contributed by atoms with Crippen LogP contribution in [-0.4, -0.2) is 220 Å². The Balaban J connectivity index is 0.000000148. The highest BCUT2D eigenvalue weighted by atomic mass is 32.2. The number of nitrogens with zero attached hydrogens (tertiary/aromatic N) is 11. The summed E-state index contributed by atoms with van der Waals surface area (Å²) in [5.41, 5.74) is 14.0. The fraction of sp³-hybridized carbons (Fsp3) is 0.255. The number of H-pyrrole nitrogens is 4. The fourth-order valence-electron chi connectivity index (χ4n) is 14.9. The molecule has 1 fully saturated rings. The van der Waals surface area contributed by atoms with Gasteiger partial charge in [0.25, 0.3) is 29.5 Å². The summed E-state index contributed by atoms with van der Waals surface area (Å²) in [6, 6.07) is 36.2. The molecule has 41 heteroatoms. The number of carbonyl (C=O) groups is 5. The van der Waals surface area contributed by atoms with Crippen LogP contribution in [0.1, 0.15) is 106 Å². The molecule has 10 aromatic heterocycles. The molecular weight excluding hydrogens is 1800 g/mol. The van der Waals surface area contributed by atoms with E-state index in [1.807, 2.05) is 97.6 Å². The van der Waals surface area contributed by atoms with Gasteiger partial charge in [-0.15, -0.1) is 0 Å². The SMILES string of the molecule is CNC(=O)c1ccc(-c2c[nH]c3nc(Nc4ccc(C(=O)NC)cc4OC)nc(OC(C)C)c23)cc1.CNC(=O)c1ccc(Nc2cc3[nH]cc(-c4cnccn4)c3c(OC3CCOCC3)n2)c(OC)c1.CNC(=O)c1ccc(Nc2nc(OC(C)C)c3c(-c4cccc(S(C)(=O)=O)c4)c[nH]c3n2)c(OC)c1.CNC(=O)c1ccc(Nc2nc(OC(C)C)c3c(-c4cnn(C)c4)c[nH]c3n2)c(OC)c1. The van der Waals surface area contributed by atoms with Gasteiger partial charge in [-0.1, -0.05) is 24.3 Å². The Bertz CT molecular complexity index is 7280. The molecule has 1 saturated heterocycles. The van der Waals surface area contributed by atoms with Gasteiger partial charge >= 0.3 is 0 Å². The second-order valence-electron chi connectivity index (χ2n) is 32.1. The largest absolute Gasteiger partial charge is 0.495 e. The van der Waals surface area contributed by atoms with Crippen molar-refractivity contribution in [2.45, 2.75) is 83.7 Å². The Morgan fingerprint density at radius 2 is 0.835 bits per heavy atom. The van der Waals surface area contributed by atoms with E-state index in [-0.39, 0.29) is 64.8 Å². The second kappa shape index (κ2) is 44.0. The highest BCUT2D eigenvalue weighted by Crippen LogP contribution is 2.43. The minimum atomic E-state index is -3.38. The van der Waals surface area contributed by atoms with Gasteiger partial charge in [0.15, 0.2) is 9.84 Å². The summed E-state index contributed by atoms with van der Waals surface area (Å²) in [7, 11) is 12.5. The van der Waals surface area contributed by atoms with Crippen molar-refractivity contribution in [1.82, 2.24) is 101 Å². The number of carbonyl (C=O) groups excluding carboxylic acids is 5. The van der Waals surface area contributed by atoms with Crippen LogP contribution in [0.2, 0.25) is 0 Å². The van der Waals surface area contributed by atoms with Gasteiger partial charge in [-0.05, 0) is 150 Å². The number of pyridine rings is 1. The van der Waals surface area contributed by atoms with E-state index in [0.717, 1.165) is 68.0 Å². The number of anilines is 8. The van der Waals surface area contributed by atoms with Crippen LogP contribution in [-0.2, 0) is 21.6 Å². The number of methoxy groups -OCH3 is 4. The number of hydrogen-bond acceptors (Lipinski definition) is 30. The molecule has 1 aliphatic rings. The molecule has 16 aromatic rings. The number of fused-ring (bicyclic) bond motifs is 4. The monoisotopic (exact) mass is 1910 g/mol. The first-order valence-corrected chi connectivity index (χ1v) is 45.9. The van der Waals surface area contributed by atoms with Crippen LogP contribution in [0.25, 0.3) is 88.6 Å². The van der Waals surface area contributed by atoms with Gasteiger partial charge in [0.05, 0.1) is 133 Å². The Morgan fingerprint density at radius 1 is 0.432 bits per heavy atom. The van der Waals surface area contributed by atoms with Gasteiger partial charge in [-0.2, -0.15) is 40.0 Å². The summed E-state index contributed by atoms with van der Waals surface area (Å²) in [4.78, 5) is 114. The summed E-state index contributed by atoms with van der Waals surface area (Å²) in [6.45, 7) is 12.8. The van der Waals surface area contributed by atoms with Crippen LogP contribution in [0.4, 0.5) is 46.4 Å². The topological polar surface area (TPSA) is 508 Å². The number of benzene rings is 6. The van der Waals surface area contributed by atoms with E-state index in [9.17, 15) is 32.4 Å². The van der Waals surface area contributed by atoms with Crippen molar-refractivity contribution in [3.63, 3.8) is 0 Å². The number of aryl methyl sites for hydroxylation is 1. The quantitative estimate of drug-likeness (QED) is 0.0199. The maximum atomic E-state index is 12.1. The van der Waals surface area contributed by atoms with Crippen molar-refractivity contribution in [2.75, 3.05) is 104 Å². The number of nitrogens with one attached hydrogen (secondary N) is 13. The third-order valence-corrected chi connectivity index (χ3v) is 22.6. The molecule has 6 aromatic carbocycles. The van der Waals surface area contributed by atoms with E-state index in [0.29, 0.717) is 161 Å². The predicted molar refractivity (Wildman–Crippen MR) is 529 cm³/mol. The Morgan fingerprint density at radius 3 is 1.22 bits per heavy atom. The summed E-state index contributed by atoms with van der Waals surface area (Å²) in [5, 5.41) is 33.0. The Kier molecular flexibility index (Phi) is 31.0. The second-order valence-corrected chi connectivity index (χ2v) is 34.1. The van der Waals surface area contributed by atoms with Gasteiger partial charge in [0.2, 0.25) is 41.4 Å². The zero-order valence-electron chi connectivity index (χ0n) is 79.3. The molecule has 1 aliphatic heterocycles. The molecule has 0 aliphatic carbocycles. The molecule has 0 unspecified atom stereocenters. The average Bonchev–Trinajstić information content (AvgIpc) is 1.65. The molecule has 0 saturated carbocycles. The first kappa shape index (κ1) is 98.0. The van der Waals surface area contributed by atoms with Crippen molar-refractivity contribution >= 4 is 130 Å². The van der Waals surface area contributed by atoms with E-state index in [1.54, 1.807) is 181 Å². The van der Waals surface area contributed by atoms with Gasteiger partial charge in [0, 0.05) is 166 Å². The average molecular weight is 1910 g/mol. The van der Waals surface area contributed by atoms with Crippen molar-refractivity contribution < 1.29 is 75.0 Å². The molecule has 13 N–H and O–H groups in total. The van der Waals surface area contributed by atoms with Gasteiger partial charge < -0.3 is 110 Å². The normalized spacial score (nSPS) is 11.9. The molecule has 17 rings (SSSR count). The minimum Gasteiger partial charge on any atom is -0.495 e. The highest BCUT2D eigenvalue weighted by Gasteiger charge is 2.28. The molecular formula is C98H106N24O16S. The first-order valence-electron chi connectivity index (χ1n) is 44.0. The lowest BCUT2D eigenvalue weighted by molar-refractivity contribution is 0.0245. The van der Waals surface area contributed by atoms with Crippen molar-refractivity contribution in [2.24, 2.45) is 7.05 Å². The summed E-state index contributed by atoms with van der Waals surface area (Å²) >= 11 is 0. The maximum absolute atomic E-state index is 12.1. The molecule has 139 heavy (non-hydrogen) atoms. The third kappa shape index (κ3) is 23.2.